The zero-order valence-corrected chi connectivity index (χ0v) is 9.63. The van der Waals surface area contributed by atoms with E-state index in [0.717, 1.165) is 5.56 Å². The first-order chi connectivity index (χ1) is 8.27. The second-order valence-electron chi connectivity index (χ2n) is 4.93. The highest BCUT2D eigenvalue weighted by Crippen LogP contribution is 2.46. The van der Waals surface area contributed by atoms with E-state index in [4.69, 9.17) is 4.74 Å². The van der Waals surface area contributed by atoms with Crippen LogP contribution in [0, 0.1) is 5.92 Å². The lowest BCUT2D eigenvalue weighted by Crippen LogP contribution is -2.18. The second-order valence-corrected chi connectivity index (χ2v) is 4.93. The molecule has 1 saturated carbocycles. The molecule has 17 heavy (non-hydrogen) atoms. The van der Waals surface area contributed by atoms with E-state index >= 15 is 0 Å². The van der Waals surface area contributed by atoms with Crippen LogP contribution >= 0.6 is 0 Å². The van der Waals surface area contributed by atoms with Crippen molar-refractivity contribution in [2.75, 3.05) is 6.61 Å². The van der Waals surface area contributed by atoms with Gasteiger partial charge in [0.05, 0.1) is 12.0 Å². The molecule has 2 aliphatic rings. The summed E-state index contributed by atoms with van der Waals surface area (Å²) in [5, 5.41) is 9.21. The van der Waals surface area contributed by atoms with E-state index in [2.05, 4.69) is 6.07 Å². The molecule has 0 spiro atoms. The monoisotopic (exact) mass is 232 g/mol. The van der Waals surface area contributed by atoms with Crippen LogP contribution in [0.1, 0.15) is 42.4 Å². The molecule has 3 rings (SSSR count). The Kier molecular flexibility index (Phi) is 2.63. The maximum absolute atomic E-state index is 11.2. The topological polar surface area (TPSA) is 46.5 Å². The van der Waals surface area contributed by atoms with E-state index in [1.165, 1.54) is 18.4 Å². The van der Waals surface area contributed by atoms with Gasteiger partial charge in [-0.1, -0.05) is 24.3 Å². The predicted octanol–water partition coefficient (Wildman–Crippen LogP) is 2.73. The number of rotatable bonds is 3. The number of aliphatic carboxylic acids is 1. The van der Waals surface area contributed by atoms with E-state index in [1.807, 2.05) is 18.2 Å². The molecule has 1 aromatic carbocycles. The van der Waals surface area contributed by atoms with Crippen LogP contribution in [0.25, 0.3) is 0 Å². The summed E-state index contributed by atoms with van der Waals surface area (Å²) in [6.45, 7) is 0.556. The van der Waals surface area contributed by atoms with Crippen LogP contribution in [0.3, 0.4) is 0 Å². The number of hydrogen-bond acceptors (Lipinski definition) is 2. The minimum absolute atomic E-state index is 0.246. The largest absolute Gasteiger partial charge is 0.481 e. The fourth-order valence-corrected chi connectivity index (χ4v) is 2.69. The zero-order valence-electron chi connectivity index (χ0n) is 9.63. The zero-order chi connectivity index (χ0) is 11.8. The van der Waals surface area contributed by atoms with Crippen molar-refractivity contribution in [1.82, 2.24) is 0 Å². The van der Waals surface area contributed by atoms with Gasteiger partial charge in [-0.05, 0) is 36.3 Å². The predicted molar refractivity (Wildman–Crippen MR) is 62.9 cm³/mol. The molecule has 3 heteroatoms. The van der Waals surface area contributed by atoms with Crippen molar-refractivity contribution in [1.29, 1.82) is 0 Å². The van der Waals surface area contributed by atoms with Gasteiger partial charge in [0, 0.05) is 6.61 Å². The maximum Gasteiger partial charge on any atom is 0.309 e. The summed E-state index contributed by atoms with van der Waals surface area (Å²) < 4.78 is 5.65. The smallest absolute Gasteiger partial charge is 0.309 e. The third-order valence-electron chi connectivity index (χ3n) is 3.73. The quantitative estimate of drug-likeness (QED) is 0.871. The van der Waals surface area contributed by atoms with E-state index < -0.39 is 5.97 Å². The summed E-state index contributed by atoms with van der Waals surface area (Å²) in [4.78, 5) is 11.2. The van der Waals surface area contributed by atoms with Gasteiger partial charge in [-0.15, -0.1) is 0 Å². The van der Waals surface area contributed by atoms with Crippen molar-refractivity contribution in [3.05, 3.63) is 35.4 Å². The van der Waals surface area contributed by atoms with Crippen LogP contribution in [-0.4, -0.2) is 17.7 Å². The molecule has 1 aliphatic carbocycles. The Balaban J connectivity index is 1.95. The van der Waals surface area contributed by atoms with Crippen molar-refractivity contribution < 1.29 is 14.6 Å². The Bertz CT molecular complexity index is 437. The van der Waals surface area contributed by atoms with Crippen LogP contribution in [0.4, 0.5) is 0 Å². The number of carboxylic acids is 1. The van der Waals surface area contributed by atoms with Crippen LogP contribution in [0.15, 0.2) is 24.3 Å². The molecular formula is C14H16O3. The van der Waals surface area contributed by atoms with Gasteiger partial charge in [0.15, 0.2) is 0 Å². The molecule has 0 radical (unpaired) electrons. The summed E-state index contributed by atoms with van der Waals surface area (Å²) in [5.74, 6) is -0.488. The van der Waals surface area contributed by atoms with Crippen LogP contribution < -0.4 is 0 Å². The highest BCUT2D eigenvalue weighted by molar-refractivity contribution is 5.71. The molecule has 90 valence electrons. The summed E-state index contributed by atoms with van der Waals surface area (Å²) in [6.07, 6.45) is 2.83. The van der Waals surface area contributed by atoms with E-state index in [9.17, 15) is 9.90 Å². The molecule has 0 amide bonds. The van der Waals surface area contributed by atoms with Gasteiger partial charge in [0.1, 0.15) is 0 Å². The molecular weight excluding hydrogens is 216 g/mol. The lowest BCUT2D eigenvalue weighted by Gasteiger charge is -2.18. The standard InChI is InChI=1S/C14H16O3/c15-14(16)12-7-8-17-13(12)11-4-2-1-3-10(11)9-5-6-9/h1-4,9,12-13H,5-8H2,(H,15,16). The minimum Gasteiger partial charge on any atom is -0.481 e. The summed E-state index contributed by atoms with van der Waals surface area (Å²) >= 11 is 0. The van der Waals surface area contributed by atoms with Crippen molar-refractivity contribution >= 4 is 5.97 Å². The fourth-order valence-electron chi connectivity index (χ4n) is 2.69. The molecule has 2 fully saturated rings. The molecule has 2 unspecified atom stereocenters. The fraction of sp³-hybridized carbons (Fsp3) is 0.500. The van der Waals surface area contributed by atoms with Crippen molar-refractivity contribution in [3.63, 3.8) is 0 Å². The highest BCUT2D eigenvalue weighted by Gasteiger charge is 2.38. The van der Waals surface area contributed by atoms with Crippen LogP contribution in [-0.2, 0) is 9.53 Å². The lowest BCUT2D eigenvalue weighted by molar-refractivity contribution is -0.143. The Labute approximate surface area is 100 Å². The van der Waals surface area contributed by atoms with Gasteiger partial charge in [-0.2, -0.15) is 0 Å². The molecule has 0 bridgehead atoms. The Morgan fingerprint density at radius 3 is 2.53 bits per heavy atom. The van der Waals surface area contributed by atoms with Crippen molar-refractivity contribution in [3.8, 4) is 0 Å². The molecule has 1 heterocycles. The Morgan fingerprint density at radius 2 is 1.88 bits per heavy atom. The van der Waals surface area contributed by atoms with Crippen molar-refractivity contribution in [2.24, 2.45) is 5.92 Å². The number of benzene rings is 1. The highest BCUT2D eigenvalue weighted by atomic mass is 16.5. The van der Waals surface area contributed by atoms with E-state index in [-0.39, 0.29) is 12.0 Å². The van der Waals surface area contributed by atoms with Crippen LogP contribution in [0.5, 0.6) is 0 Å². The van der Waals surface area contributed by atoms with Gasteiger partial charge >= 0.3 is 5.97 Å². The van der Waals surface area contributed by atoms with Crippen LogP contribution in [0.2, 0.25) is 0 Å². The van der Waals surface area contributed by atoms with Gasteiger partial charge < -0.3 is 9.84 Å². The van der Waals surface area contributed by atoms with Gasteiger partial charge in [-0.25, -0.2) is 0 Å². The lowest BCUT2D eigenvalue weighted by atomic mass is 9.90. The molecule has 3 nitrogen and oxygen atoms in total. The third kappa shape index (κ3) is 1.95. The first-order valence-electron chi connectivity index (χ1n) is 6.20. The molecule has 2 atom stereocenters. The summed E-state index contributed by atoms with van der Waals surface area (Å²) in [5.41, 5.74) is 2.39. The van der Waals surface area contributed by atoms with E-state index in [1.54, 1.807) is 0 Å². The molecule has 1 saturated heterocycles. The summed E-state index contributed by atoms with van der Waals surface area (Å²) in [6, 6.07) is 8.15. The SMILES string of the molecule is O=C(O)C1CCOC1c1ccccc1C1CC1. The average molecular weight is 232 g/mol. The Hall–Kier alpha value is -1.35. The molecule has 1 aliphatic heterocycles. The number of carboxylic acid groups (broad SMARTS) is 1. The second kappa shape index (κ2) is 4.15. The number of hydrogen-bond donors (Lipinski definition) is 1. The first kappa shape index (κ1) is 10.8. The number of ether oxygens (including phenoxy) is 1. The van der Waals surface area contributed by atoms with Gasteiger partial charge in [0.2, 0.25) is 0 Å². The normalized spacial score (nSPS) is 28.2. The van der Waals surface area contributed by atoms with E-state index in [0.29, 0.717) is 18.9 Å². The maximum atomic E-state index is 11.2. The average Bonchev–Trinajstić information content (AvgIpc) is 3.06. The molecule has 1 N–H and O–H groups in total. The van der Waals surface area contributed by atoms with Crippen molar-refractivity contribution in [2.45, 2.75) is 31.3 Å². The first-order valence-corrected chi connectivity index (χ1v) is 6.20. The third-order valence-corrected chi connectivity index (χ3v) is 3.73. The van der Waals surface area contributed by atoms with Gasteiger partial charge in [-0.3, -0.25) is 4.79 Å². The molecule has 1 aromatic rings. The Morgan fingerprint density at radius 1 is 1.18 bits per heavy atom. The van der Waals surface area contributed by atoms with Gasteiger partial charge in [0.25, 0.3) is 0 Å². The summed E-state index contributed by atoms with van der Waals surface area (Å²) in [7, 11) is 0. The minimum atomic E-state index is -0.738. The molecule has 0 aromatic heterocycles. The number of carbonyl (C=O) groups is 1.